The largest absolute Gasteiger partial charge is 0.481 e. The summed E-state index contributed by atoms with van der Waals surface area (Å²) in [5.41, 5.74) is 0. The molecule has 0 bridgehead atoms. The van der Waals surface area contributed by atoms with Crippen LogP contribution in [0.4, 0.5) is 0 Å². The Hall–Kier alpha value is -1.47. The van der Waals surface area contributed by atoms with Gasteiger partial charge in [-0.3, -0.25) is 14.4 Å². The van der Waals surface area contributed by atoms with Crippen LogP contribution in [0.15, 0.2) is 0 Å². The van der Waals surface area contributed by atoms with Crippen molar-refractivity contribution < 1.29 is 33.7 Å². The quantitative estimate of drug-likeness (QED) is 0.763. The molecule has 1 saturated heterocycles. The van der Waals surface area contributed by atoms with E-state index in [2.05, 4.69) is 4.74 Å². The van der Waals surface area contributed by atoms with E-state index in [9.17, 15) is 14.4 Å². The van der Waals surface area contributed by atoms with Crippen molar-refractivity contribution in [3.8, 4) is 0 Å². The lowest BCUT2D eigenvalue weighted by Crippen LogP contribution is -2.27. The van der Waals surface area contributed by atoms with Crippen molar-refractivity contribution in [2.45, 2.75) is 44.3 Å². The van der Waals surface area contributed by atoms with Crippen LogP contribution in [0.3, 0.4) is 0 Å². The van der Waals surface area contributed by atoms with Crippen LogP contribution >= 0.6 is 0 Å². The van der Waals surface area contributed by atoms with Gasteiger partial charge in [-0.05, 0) is 12.8 Å². The highest BCUT2D eigenvalue weighted by Gasteiger charge is 2.46. The maximum Gasteiger partial charge on any atom is 0.309 e. The fourth-order valence-corrected chi connectivity index (χ4v) is 3.13. The van der Waals surface area contributed by atoms with Crippen molar-refractivity contribution >= 4 is 17.7 Å². The van der Waals surface area contributed by atoms with Crippen LogP contribution in [-0.2, 0) is 28.6 Å². The SMILES string of the molecule is COC(=O)C1CCC(=O)C1.O=C(O)C1CCC2(C1)OCCO2. The van der Waals surface area contributed by atoms with Gasteiger partial charge in [0.15, 0.2) is 5.79 Å². The number of ether oxygens (including phenoxy) is 3. The molecule has 0 radical (unpaired) electrons. The van der Waals surface area contributed by atoms with Gasteiger partial charge in [-0.15, -0.1) is 0 Å². The zero-order valence-electron chi connectivity index (χ0n) is 12.7. The molecule has 1 aliphatic heterocycles. The number of esters is 1. The molecule has 1 heterocycles. The maximum absolute atomic E-state index is 10.8. The first-order valence-corrected chi connectivity index (χ1v) is 7.56. The third-order valence-electron chi connectivity index (χ3n) is 4.37. The number of ketones is 1. The Morgan fingerprint density at radius 2 is 1.91 bits per heavy atom. The molecule has 3 aliphatic rings. The highest BCUT2D eigenvalue weighted by molar-refractivity contribution is 5.87. The van der Waals surface area contributed by atoms with Crippen molar-refractivity contribution in [3.05, 3.63) is 0 Å². The normalized spacial score (nSPS) is 29.2. The Morgan fingerprint density at radius 1 is 1.23 bits per heavy atom. The Kier molecular flexibility index (Phi) is 5.52. The van der Waals surface area contributed by atoms with Gasteiger partial charge >= 0.3 is 11.9 Å². The molecule has 3 rings (SSSR count). The van der Waals surface area contributed by atoms with Crippen LogP contribution in [0.2, 0.25) is 0 Å². The molecular weight excluding hydrogens is 292 g/mol. The third-order valence-corrected chi connectivity index (χ3v) is 4.37. The molecule has 7 heteroatoms. The van der Waals surface area contributed by atoms with Crippen molar-refractivity contribution in [2.75, 3.05) is 20.3 Å². The number of aliphatic carboxylic acids is 1. The van der Waals surface area contributed by atoms with E-state index in [1.807, 2.05) is 0 Å². The van der Waals surface area contributed by atoms with E-state index >= 15 is 0 Å². The molecule has 2 saturated carbocycles. The lowest BCUT2D eigenvalue weighted by atomic mass is 10.1. The molecule has 0 aromatic carbocycles. The monoisotopic (exact) mass is 314 g/mol. The topological polar surface area (TPSA) is 99.1 Å². The van der Waals surface area contributed by atoms with Crippen molar-refractivity contribution in [1.29, 1.82) is 0 Å². The number of rotatable bonds is 2. The van der Waals surface area contributed by atoms with Crippen molar-refractivity contribution in [2.24, 2.45) is 11.8 Å². The van der Waals surface area contributed by atoms with E-state index in [-0.39, 0.29) is 23.6 Å². The predicted octanol–water partition coefficient (Wildman–Crippen LogP) is 1.14. The first-order chi connectivity index (χ1) is 10.5. The zero-order chi connectivity index (χ0) is 16.2. The summed E-state index contributed by atoms with van der Waals surface area (Å²) in [4.78, 5) is 32.1. The van der Waals surface area contributed by atoms with Gasteiger partial charge in [0.25, 0.3) is 0 Å². The van der Waals surface area contributed by atoms with Crippen LogP contribution in [0.5, 0.6) is 0 Å². The van der Waals surface area contributed by atoms with Gasteiger partial charge in [0, 0.05) is 25.7 Å². The number of carbonyl (C=O) groups excluding carboxylic acids is 2. The number of carboxylic acid groups (broad SMARTS) is 1. The van der Waals surface area contributed by atoms with Crippen molar-refractivity contribution in [1.82, 2.24) is 0 Å². The lowest BCUT2D eigenvalue weighted by molar-refractivity contribution is -0.159. The predicted molar refractivity (Wildman–Crippen MR) is 74.0 cm³/mol. The van der Waals surface area contributed by atoms with Gasteiger partial charge in [-0.25, -0.2) is 0 Å². The summed E-state index contributed by atoms with van der Waals surface area (Å²) in [5, 5.41) is 8.75. The molecule has 2 unspecified atom stereocenters. The van der Waals surface area contributed by atoms with Gasteiger partial charge in [0.05, 0.1) is 32.2 Å². The average molecular weight is 314 g/mol. The fourth-order valence-electron chi connectivity index (χ4n) is 3.13. The van der Waals surface area contributed by atoms with Crippen molar-refractivity contribution in [3.63, 3.8) is 0 Å². The molecule has 2 atom stereocenters. The highest BCUT2D eigenvalue weighted by atomic mass is 16.7. The zero-order valence-corrected chi connectivity index (χ0v) is 12.7. The standard InChI is InChI=1S/C8H12O4.C7H10O3/c9-7(10)6-1-2-8(5-6)11-3-4-12-8;1-10-7(9)5-2-3-6(8)4-5/h6H,1-5H2,(H,9,10);5H,2-4H2,1H3. The summed E-state index contributed by atoms with van der Waals surface area (Å²) in [6.45, 7) is 1.21. The maximum atomic E-state index is 10.8. The van der Waals surface area contributed by atoms with Crippen LogP contribution in [0.25, 0.3) is 0 Å². The first-order valence-electron chi connectivity index (χ1n) is 7.56. The smallest absolute Gasteiger partial charge is 0.309 e. The number of hydrogen-bond donors (Lipinski definition) is 1. The van der Waals surface area contributed by atoms with Crippen LogP contribution < -0.4 is 0 Å². The van der Waals surface area contributed by atoms with Crippen LogP contribution in [0.1, 0.15) is 38.5 Å². The number of carbonyl (C=O) groups is 3. The summed E-state index contributed by atoms with van der Waals surface area (Å²) in [6, 6.07) is 0. The minimum absolute atomic E-state index is 0.155. The average Bonchev–Trinajstić information content (AvgIpc) is 3.22. The Balaban J connectivity index is 0.000000164. The van der Waals surface area contributed by atoms with Gasteiger partial charge in [-0.1, -0.05) is 0 Å². The summed E-state index contributed by atoms with van der Waals surface area (Å²) < 4.78 is 15.3. The molecular formula is C15H22O7. The molecule has 0 aromatic rings. The molecule has 0 aromatic heterocycles. The molecule has 22 heavy (non-hydrogen) atoms. The van der Waals surface area contributed by atoms with E-state index in [0.717, 1.165) is 6.42 Å². The van der Waals surface area contributed by atoms with Gasteiger partial charge in [-0.2, -0.15) is 0 Å². The summed E-state index contributed by atoms with van der Waals surface area (Å²) >= 11 is 0. The third kappa shape index (κ3) is 4.04. The second kappa shape index (κ2) is 7.19. The number of methoxy groups -OCH3 is 1. The molecule has 124 valence electrons. The second-order valence-corrected chi connectivity index (χ2v) is 5.89. The first kappa shape index (κ1) is 16.9. The summed E-state index contributed by atoms with van der Waals surface area (Å²) in [7, 11) is 1.35. The number of Topliss-reactive ketones (excluding diaryl/α,β-unsaturated/α-hetero) is 1. The van der Waals surface area contributed by atoms with Gasteiger partial charge in [0.2, 0.25) is 0 Å². The number of carboxylic acids is 1. The molecule has 0 amide bonds. The van der Waals surface area contributed by atoms with E-state index in [4.69, 9.17) is 14.6 Å². The van der Waals surface area contributed by atoms with E-state index in [0.29, 0.717) is 45.3 Å². The molecule has 7 nitrogen and oxygen atoms in total. The van der Waals surface area contributed by atoms with E-state index < -0.39 is 11.8 Å². The molecule has 3 fully saturated rings. The number of hydrogen-bond acceptors (Lipinski definition) is 6. The van der Waals surface area contributed by atoms with Crippen LogP contribution in [0, 0.1) is 11.8 Å². The van der Waals surface area contributed by atoms with E-state index in [1.165, 1.54) is 7.11 Å². The minimum atomic E-state index is -0.731. The Labute approximate surface area is 128 Å². The summed E-state index contributed by atoms with van der Waals surface area (Å²) in [6.07, 6.45) is 3.51. The molecule has 1 N–H and O–H groups in total. The Bertz CT molecular complexity index is 439. The fraction of sp³-hybridized carbons (Fsp3) is 0.800. The Morgan fingerprint density at radius 3 is 2.36 bits per heavy atom. The molecule has 2 aliphatic carbocycles. The second-order valence-electron chi connectivity index (χ2n) is 5.89. The highest BCUT2D eigenvalue weighted by Crippen LogP contribution is 2.40. The van der Waals surface area contributed by atoms with Gasteiger partial charge in [0.1, 0.15) is 5.78 Å². The van der Waals surface area contributed by atoms with E-state index in [1.54, 1.807) is 0 Å². The van der Waals surface area contributed by atoms with Gasteiger partial charge < -0.3 is 19.3 Å². The van der Waals surface area contributed by atoms with Crippen LogP contribution in [-0.4, -0.2) is 48.9 Å². The minimum Gasteiger partial charge on any atom is -0.481 e. The summed E-state index contributed by atoms with van der Waals surface area (Å²) in [5.74, 6) is -1.77. The molecule has 1 spiro atoms. The lowest BCUT2D eigenvalue weighted by Gasteiger charge is -2.20.